The van der Waals surface area contributed by atoms with Crippen molar-refractivity contribution < 1.29 is 18.0 Å². The quantitative estimate of drug-likeness (QED) is 0.602. The Bertz CT molecular complexity index is 976. The molecule has 0 aliphatic heterocycles. The van der Waals surface area contributed by atoms with Crippen LogP contribution in [0, 0.1) is 0 Å². The first-order chi connectivity index (χ1) is 13.3. The van der Waals surface area contributed by atoms with Gasteiger partial charge in [0.05, 0.1) is 11.8 Å². The summed E-state index contributed by atoms with van der Waals surface area (Å²) in [6.45, 7) is 1.41. The first-order valence-electron chi connectivity index (χ1n) is 8.08. The average molecular weight is 388 g/mol. The molecule has 10 heteroatoms. The molecule has 0 saturated carbocycles. The second-order valence-corrected chi connectivity index (χ2v) is 5.75. The Balaban J connectivity index is 1.71. The molecule has 3 aromatic rings. The van der Waals surface area contributed by atoms with Gasteiger partial charge in [-0.15, -0.1) is 5.10 Å². The van der Waals surface area contributed by atoms with Crippen LogP contribution in [0.4, 0.5) is 42.0 Å². The van der Waals surface area contributed by atoms with Crippen LogP contribution < -0.4 is 16.0 Å². The largest absolute Gasteiger partial charge is 0.416 e. The normalized spacial score (nSPS) is 11.0. The Hall–Kier alpha value is -3.69. The number of hydrogen-bond acceptors (Lipinski definition) is 6. The Labute approximate surface area is 158 Å². The number of carbonyl (C=O) groups is 1. The summed E-state index contributed by atoms with van der Waals surface area (Å²) in [4.78, 5) is 15.2. The number of aromatic nitrogens is 3. The fourth-order valence-corrected chi connectivity index (χ4v) is 2.31. The van der Waals surface area contributed by atoms with Crippen LogP contribution in [-0.2, 0) is 11.0 Å². The number of nitrogens with one attached hydrogen (secondary N) is 3. The van der Waals surface area contributed by atoms with E-state index in [-0.39, 0.29) is 23.4 Å². The summed E-state index contributed by atoms with van der Waals surface area (Å²) in [6, 6.07) is 11.6. The summed E-state index contributed by atoms with van der Waals surface area (Å²) in [5, 5.41) is 16.0. The Morgan fingerprint density at radius 2 is 1.68 bits per heavy atom. The lowest BCUT2D eigenvalue weighted by Crippen LogP contribution is -2.06. The number of amides is 1. The molecule has 0 spiro atoms. The maximum atomic E-state index is 12.8. The van der Waals surface area contributed by atoms with E-state index in [1.54, 1.807) is 24.3 Å². The minimum atomic E-state index is -4.43. The molecule has 0 atom stereocenters. The monoisotopic (exact) mass is 388 g/mol. The van der Waals surface area contributed by atoms with Crippen LogP contribution in [0.1, 0.15) is 12.5 Å². The molecule has 0 unspecified atom stereocenters. The van der Waals surface area contributed by atoms with Crippen molar-refractivity contribution in [1.82, 2.24) is 15.2 Å². The van der Waals surface area contributed by atoms with Gasteiger partial charge in [-0.05, 0) is 42.5 Å². The fraction of sp³-hybridized carbons (Fsp3) is 0.111. The molecule has 0 fully saturated rings. The highest BCUT2D eigenvalue weighted by Crippen LogP contribution is 2.31. The Kier molecular flexibility index (Phi) is 5.39. The molecule has 3 N–H and O–H groups in total. The summed E-state index contributed by atoms with van der Waals surface area (Å²) < 4.78 is 38.4. The molecule has 7 nitrogen and oxygen atoms in total. The van der Waals surface area contributed by atoms with Gasteiger partial charge in [0.2, 0.25) is 11.9 Å². The molecule has 0 saturated heterocycles. The number of halogens is 3. The topological polar surface area (TPSA) is 91.8 Å². The van der Waals surface area contributed by atoms with Crippen molar-refractivity contribution in [2.75, 3.05) is 16.0 Å². The Morgan fingerprint density at radius 1 is 0.964 bits per heavy atom. The molecule has 0 radical (unpaired) electrons. The van der Waals surface area contributed by atoms with Gasteiger partial charge < -0.3 is 16.0 Å². The Morgan fingerprint density at radius 3 is 2.36 bits per heavy atom. The number of hydrogen-bond donors (Lipinski definition) is 3. The summed E-state index contributed by atoms with van der Waals surface area (Å²) in [5.74, 6) is 0.206. The second kappa shape index (κ2) is 7.91. The SMILES string of the molecule is CC(=O)Nc1ccc(Nc2nncc(Nc3cccc(C(F)(F)F)c3)n2)cc1. The molecule has 0 aliphatic rings. The molecule has 28 heavy (non-hydrogen) atoms. The molecular formula is C18H15F3N6O. The van der Waals surface area contributed by atoms with E-state index in [0.29, 0.717) is 11.4 Å². The number of alkyl halides is 3. The maximum absolute atomic E-state index is 12.8. The van der Waals surface area contributed by atoms with E-state index in [2.05, 4.69) is 31.1 Å². The van der Waals surface area contributed by atoms with Gasteiger partial charge in [-0.2, -0.15) is 23.3 Å². The minimum absolute atomic E-state index is 0.157. The minimum Gasteiger partial charge on any atom is -0.339 e. The standard InChI is InChI=1S/C18H15F3N6O/c1-11(28)23-13-5-7-14(8-6-13)25-17-26-16(10-22-27-17)24-15-4-2-3-12(9-15)18(19,20)21/h2-10H,1H3,(H,23,28)(H2,24,25,26,27). The smallest absolute Gasteiger partial charge is 0.339 e. The molecule has 1 amide bonds. The number of anilines is 5. The zero-order valence-corrected chi connectivity index (χ0v) is 14.6. The third-order valence-electron chi connectivity index (χ3n) is 3.48. The second-order valence-electron chi connectivity index (χ2n) is 5.75. The summed E-state index contributed by atoms with van der Waals surface area (Å²) >= 11 is 0. The van der Waals surface area contributed by atoms with Crippen molar-refractivity contribution in [1.29, 1.82) is 0 Å². The number of nitrogens with zero attached hydrogens (tertiary/aromatic N) is 3. The summed E-state index contributed by atoms with van der Waals surface area (Å²) in [5.41, 5.74) is 0.738. The van der Waals surface area contributed by atoms with Crippen molar-refractivity contribution in [3.05, 3.63) is 60.3 Å². The lowest BCUT2D eigenvalue weighted by atomic mass is 10.2. The van der Waals surface area contributed by atoms with E-state index >= 15 is 0 Å². The van der Waals surface area contributed by atoms with Gasteiger partial charge in [-0.1, -0.05) is 6.07 Å². The highest BCUT2D eigenvalue weighted by atomic mass is 19.4. The van der Waals surface area contributed by atoms with Crippen molar-refractivity contribution in [3.63, 3.8) is 0 Å². The summed E-state index contributed by atoms with van der Waals surface area (Å²) in [6.07, 6.45) is -3.14. The van der Waals surface area contributed by atoms with E-state index < -0.39 is 11.7 Å². The first-order valence-corrected chi connectivity index (χ1v) is 8.08. The van der Waals surface area contributed by atoms with Crippen molar-refractivity contribution in [2.24, 2.45) is 0 Å². The van der Waals surface area contributed by atoms with Crippen molar-refractivity contribution in [2.45, 2.75) is 13.1 Å². The van der Waals surface area contributed by atoms with E-state index in [1.165, 1.54) is 25.3 Å². The van der Waals surface area contributed by atoms with Crippen LogP contribution >= 0.6 is 0 Å². The van der Waals surface area contributed by atoms with Gasteiger partial charge in [-0.3, -0.25) is 4.79 Å². The maximum Gasteiger partial charge on any atom is 0.416 e. The van der Waals surface area contributed by atoms with Crippen molar-refractivity contribution in [3.8, 4) is 0 Å². The molecule has 0 bridgehead atoms. The van der Waals surface area contributed by atoms with E-state index in [0.717, 1.165) is 12.1 Å². The van der Waals surface area contributed by atoms with Crippen LogP contribution in [0.2, 0.25) is 0 Å². The first kappa shape index (κ1) is 19.1. The lowest BCUT2D eigenvalue weighted by molar-refractivity contribution is -0.137. The van der Waals surface area contributed by atoms with Crippen LogP contribution in [0.25, 0.3) is 0 Å². The van der Waals surface area contributed by atoms with Crippen LogP contribution in [0.15, 0.2) is 54.7 Å². The third-order valence-corrected chi connectivity index (χ3v) is 3.48. The number of rotatable bonds is 5. The molecule has 1 heterocycles. The van der Waals surface area contributed by atoms with Gasteiger partial charge >= 0.3 is 6.18 Å². The zero-order chi connectivity index (χ0) is 20.1. The highest BCUT2D eigenvalue weighted by Gasteiger charge is 2.30. The molecule has 2 aromatic carbocycles. The fourth-order valence-electron chi connectivity index (χ4n) is 2.31. The molecule has 144 valence electrons. The highest BCUT2D eigenvalue weighted by molar-refractivity contribution is 5.88. The van der Waals surface area contributed by atoms with Crippen molar-refractivity contribution >= 4 is 34.7 Å². The summed E-state index contributed by atoms with van der Waals surface area (Å²) in [7, 11) is 0. The van der Waals surface area contributed by atoms with Gasteiger partial charge in [0.25, 0.3) is 0 Å². The predicted octanol–water partition coefficient (Wildman–Crippen LogP) is 4.34. The predicted molar refractivity (Wildman–Crippen MR) is 98.6 cm³/mol. The molecule has 1 aromatic heterocycles. The zero-order valence-electron chi connectivity index (χ0n) is 14.6. The van der Waals surface area contributed by atoms with E-state index in [4.69, 9.17) is 0 Å². The molecule has 3 rings (SSSR count). The average Bonchev–Trinajstić information content (AvgIpc) is 2.63. The van der Waals surface area contributed by atoms with E-state index in [9.17, 15) is 18.0 Å². The van der Waals surface area contributed by atoms with Gasteiger partial charge in [0.15, 0.2) is 5.82 Å². The van der Waals surface area contributed by atoms with Crippen LogP contribution in [0.5, 0.6) is 0 Å². The lowest BCUT2D eigenvalue weighted by Gasteiger charge is -2.11. The van der Waals surface area contributed by atoms with Gasteiger partial charge in [-0.25, -0.2) is 0 Å². The van der Waals surface area contributed by atoms with E-state index in [1.807, 2.05) is 0 Å². The van der Waals surface area contributed by atoms with Gasteiger partial charge in [0, 0.05) is 24.0 Å². The molecule has 0 aliphatic carbocycles. The van der Waals surface area contributed by atoms with Crippen LogP contribution in [0.3, 0.4) is 0 Å². The third kappa shape index (κ3) is 5.16. The van der Waals surface area contributed by atoms with Gasteiger partial charge in [0.1, 0.15) is 0 Å². The number of benzene rings is 2. The number of carbonyl (C=O) groups excluding carboxylic acids is 1. The van der Waals surface area contributed by atoms with Crippen LogP contribution in [-0.4, -0.2) is 21.1 Å². The molecular weight excluding hydrogens is 373 g/mol.